The van der Waals surface area contributed by atoms with Gasteiger partial charge in [0.15, 0.2) is 0 Å². The van der Waals surface area contributed by atoms with Gasteiger partial charge in [-0.1, -0.05) is 18.2 Å². The zero-order valence-corrected chi connectivity index (χ0v) is 14.4. The molecule has 0 radical (unpaired) electrons. The van der Waals surface area contributed by atoms with E-state index in [0.717, 1.165) is 11.1 Å². The van der Waals surface area contributed by atoms with Crippen molar-refractivity contribution in [3.8, 4) is 0 Å². The number of carbonyl (C=O) groups excluding carboxylic acids is 2. The summed E-state index contributed by atoms with van der Waals surface area (Å²) in [7, 11) is 0. The van der Waals surface area contributed by atoms with E-state index >= 15 is 0 Å². The van der Waals surface area contributed by atoms with Crippen LogP contribution in [-0.2, 0) is 13.1 Å². The van der Waals surface area contributed by atoms with Crippen molar-refractivity contribution in [3.63, 3.8) is 0 Å². The fraction of sp³-hybridized carbons (Fsp3) is 0.100. The van der Waals surface area contributed by atoms with Crippen molar-refractivity contribution in [1.29, 1.82) is 0 Å². The van der Waals surface area contributed by atoms with Gasteiger partial charge in [-0.25, -0.2) is 4.39 Å². The standard InChI is InChI=1S/C20H17FN4O2/c21-17-5-3-14(4-6-17)12-25-20(27)18-10-16(7-9-23-18)19(26)24-13-15-2-1-8-22-11-15/h1-11H,12-13H2,(H,24,26)(H,25,27). The van der Waals surface area contributed by atoms with Gasteiger partial charge in [-0.05, 0) is 41.5 Å². The molecule has 7 heteroatoms. The SMILES string of the molecule is O=C(NCc1cccnc1)c1ccnc(C(=O)NCc2ccc(F)cc2)c1. The Morgan fingerprint density at radius 3 is 2.37 bits per heavy atom. The molecule has 3 rings (SSSR count). The molecular formula is C20H17FN4O2. The predicted octanol–water partition coefficient (Wildman–Crippen LogP) is 2.48. The molecule has 3 aromatic rings. The Morgan fingerprint density at radius 1 is 0.889 bits per heavy atom. The van der Waals surface area contributed by atoms with Crippen LogP contribution >= 0.6 is 0 Å². The topological polar surface area (TPSA) is 84.0 Å². The number of carbonyl (C=O) groups is 2. The van der Waals surface area contributed by atoms with Crippen molar-refractivity contribution in [3.05, 3.63) is 95.3 Å². The largest absolute Gasteiger partial charge is 0.348 e. The van der Waals surface area contributed by atoms with Crippen LogP contribution in [0.4, 0.5) is 4.39 Å². The number of amides is 2. The van der Waals surface area contributed by atoms with E-state index in [0.29, 0.717) is 12.1 Å². The second-order valence-electron chi connectivity index (χ2n) is 5.78. The number of hydrogen-bond acceptors (Lipinski definition) is 4. The average molecular weight is 364 g/mol. The lowest BCUT2D eigenvalue weighted by atomic mass is 10.2. The summed E-state index contributed by atoms with van der Waals surface area (Å²) in [6.45, 7) is 0.569. The first-order valence-electron chi connectivity index (χ1n) is 8.27. The molecule has 0 fully saturated rings. The number of rotatable bonds is 6. The summed E-state index contributed by atoms with van der Waals surface area (Å²) in [4.78, 5) is 32.5. The predicted molar refractivity (Wildman–Crippen MR) is 97.2 cm³/mol. The molecule has 2 N–H and O–H groups in total. The van der Waals surface area contributed by atoms with E-state index in [-0.39, 0.29) is 24.0 Å². The van der Waals surface area contributed by atoms with Gasteiger partial charge in [-0.15, -0.1) is 0 Å². The van der Waals surface area contributed by atoms with Crippen LogP contribution in [0.2, 0.25) is 0 Å². The van der Waals surface area contributed by atoms with Crippen molar-refractivity contribution in [2.75, 3.05) is 0 Å². The van der Waals surface area contributed by atoms with Gasteiger partial charge in [-0.2, -0.15) is 0 Å². The highest BCUT2D eigenvalue weighted by atomic mass is 19.1. The van der Waals surface area contributed by atoms with Crippen LogP contribution in [0.3, 0.4) is 0 Å². The molecule has 1 aromatic carbocycles. The Hall–Kier alpha value is -3.61. The van der Waals surface area contributed by atoms with Crippen LogP contribution in [0.5, 0.6) is 0 Å². The normalized spacial score (nSPS) is 10.3. The monoisotopic (exact) mass is 364 g/mol. The molecule has 27 heavy (non-hydrogen) atoms. The zero-order valence-electron chi connectivity index (χ0n) is 14.4. The van der Waals surface area contributed by atoms with Gasteiger partial charge in [0, 0.05) is 37.2 Å². The third kappa shape index (κ3) is 5.18. The van der Waals surface area contributed by atoms with Crippen molar-refractivity contribution < 1.29 is 14.0 Å². The molecular weight excluding hydrogens is 347 g/mol. The molecule has 2 aromatic heterocycles. The Labute approximate surface area is 155 Å². The summed E-state index contributed by atoms with van der Waals surface area (Å²) in [5.41, 5.74) is 2.10. The van der Waals surface area contributed by atoms with Crippen LogP contribution in [-0.4, -0.2) is 21.8 Å². The Kier molecular flexibility index (Phi) is 5.84. The van der Waals surface area contributed by atoms with Crippen LogP contribution in [0.1, 0.15) is 32.0 Å². The van der Waals surface area contributed by atoms with E-state index < -0.39 is 5.91 Å². The van der Waals surface area contributed by atoms with Gasteiger partial charge in [0.1, 0.15) is 11.5 Å². The smallest absolute Gasteiger partial charge is 0.270 e. The summed E-state index contributed by atoms with van der Waals surface area (Å²) in [6.07, 6.45) is 4.73. The molecule has 0 saturated carbocycles. The minimum Gasteiger partial charge on any atom is -0.348 e. The second-order valence-corrected chi connectivity index (χ2v) is 5.78. The average Bonchev–Trinajstić information content (AvgIpc) is 2.72. The van der Waals surface area contributed by atoms with Gasteiger partial charge >= 0.3 is 0 Å². The molecule has 0 spiro atoms. The summed E-state index contributed by atoms with van der Waals surface area (Å²) in [5, 5.41) is 5.47. The minimum absolute atomic E-state index is 0.131. The van der Waals surface area contributed by atoms with Crippen LogP contribution < -0.4 is 10.6 Å². The molecule has 0 bridgehead atoms. The fourth-order valence-corrected chi connectivity index (χ4v) is 2.36. The lowest BCUT2D eigenvalue weighted by Crippen LogP contribution is -2.26. The first kappa shape index (κ1) is 18.2. The van der Waals surface area contributed by atoms with Crippen molar-refractivity contribution in [1.82, 2.24) is 20.6 Å². The molecule has 136 valence electrons. The number of aromatic nitrogens is 2. The minimum atomic E-state index is -0.416. The summed E-state index contributed by atoms with van der Waals surface area (Å²) < 4.78 is 12.9. The van der Waals surface area contributed by atoms with Crippen LogP contribution in [0.15, 0.2) is 67.1 Å². The highest BCUT2D eigenvalue weighted by Gasteiger charge is 2.12. The third-order valence-corrected chi connectivity index (χ3v) is 3.80. The third-order valence-electron chi connectivity index (χ3n) is 3.80. The number of hydrogen-bond donors (Lipinski definition) is 2. The fourth-order valence-electron chi connectivity index (χ4n) is 2.36. The van der Waals surface area contributed by atoms with Gasteiger partial charge in [0.05, 0.1) is 0 Å². The first-order chi connectivity index (χ1) is 13.1. The Balaban J connectivity index is 1.59. The molecule has 0 unspecified atom stereocenters. The van der Waals surface area contributed by atoms with Crippen molar-refractivity contribution in [2.45, 2.75) is 13.1 Å². The highest BCUT2D eigenvalue weighted by Crippen LogP contribution is 2.05. The van der Waals surface area contributed by atoms with E-state index in [1.807, 2.05) is 6.07 Å². The van der Waals surface area contributed by atoms with E-state index in [9.17, 15) is 14.0 Å². The van der Waals surface area contributed by atoms with Gasteiger partial charge < -0.3 is 10.6 Å². The van der Waals surface area contributed by atoms with E-state index in [1.54, 1.807) is 30.6 Å². The highest BCUT2D eigenvalue weighted by molar-refractivity contribution is 5.98. The zero-order chi connectivity index (χ0) is 19.1. The quantitative estimate of drug-likeness (QED) is 0.704. The maximum Gasteiger partial charge on any atom is 0.270 e. The number of nitrogens with zero attached hydrogens (tertiary/aromatic N) is 2. The molecule has 2 heterocycles. The molecule has 0 saturated heterocycles. The number of halogens is 1. The lowest BCUT2D eigenvalue weighted by Gasteiger charge is -2.08. The van der Waals surface area contributed by atoms with E-state index in [4.69, 9.17) is 0 Å². The Morgan fingerprint density at radius 2 is 1.63 bits per heavy atom. The second kappa shape index (κ2) is 8.66. The number of nitrogens with one attached hydrogen (secondary N) is 2. The van der Waals surface area contributed by atoms with Crippen molar-refractivity contribution in [2.24, 2.45) is 0 Å². The van der Waals surface area contributed by atoms with Gasteiger partial charge in [0.2, 0.25) is 0 Å². The van der Waals surface area contributed by atoms with E-state index in [2.05, 4.69) is 20.6 Å². The molecule has 0 aliphatic heterocycles. The summed E-state index contributed by atoms with van der Waals surface area (Å²) in [5.74, 6) is -1.06. The lowest BCUT2D eigenvalue weighted by molar-refractivity contribution is 0.0946. The van der Waals surface area contributed by atoms with E-state index in [1.165, 1.54) is 30.5 Å². The van der Waals surface area contributed by atoms with Crippen molar-refractivity contribution >= 4 is 11.8 Å². The maximum absolute atomic E-state index is 12.9. The van der Waals surface area contributed by atoms with Gasteiger partial charge in [-0.3, -0.25) is 19.6 Å². The molecule has 6 nitrogen and oxygen atoms in total. The molecule has 0 atom stereocenters. The van der Waals surface area contributed by atoms with Crippen LogP contribution in [0.25, 0.3) is 0 Å². The molecule has 2 amide bonds. The number of benzene rings is 1. The maximum atomic E-state index is 12.9. The van der Waals surface area contributed by atoms with Crippen LogP contribution in [0, 0.1) is 5.82 Å². The summed E-state index contributed by atoms with van der Waals surface area (Å²) in [6, 6.07) is 12.4. The summed E-state index contributed by atoms with van der Waals surface area (Å²) >= 11 is 0. The first-order valence-corrected chi connectivity index (χ1v) is 8.27. The Bertz CT molecular complexity index is 930. The molecule has 0 aliphatic rings. The number of pyridine rings is 2. The van der Waals surface area contributed by atoms with Gasteiger partial charge in [0.25, 0.3) is 11.8 Å². The molecule has 0 aliphatic carbocycles.